The maximum absolute atomic E-state index is 12.1. The molecule has 0 saturated heterocycles. The second-order valence-corrected chi connectivity index (χ2v) is 4.70. The van der Waals surface area contributed by atoms with Gasteiger partial charge in [-0.2, -0.15) is 0 Å². The number of aromatic nitrogens is 2. The summed E-state index contributed by atoms with van der Waals surface area (Å²) in [7, 11) is 1.38. The van der Waals surface area contributed by atoms with E-state index in [1.165, 1.54) is 7.11 Å². The zero-order valence-corrected chi connectivity index (χ0v) is 12.1. The fraction of sp³-hybridized carbons (Fsp3) is 0.0556. The quantitative estimate of drug-likeness (QED) is 0.692. The maximum Gasteiger partial charge on any atom is 0.338 e. The van der Waals surface area contributed by atoms with Gasteiger partial charge in [-0.15, -0.1) is 0 Å². The Labute approximate surface area is 128 Å². The Bertz CT molecular complexity index is 787. The largest absolute Gasteiger partial charge is 0.465 e. The number of esters is 1. The molecule has 0 amide bonds. The molecule has 0 N–H and O–H groups in total. The molecular weight excluding hydrogens is 276 g/mol. The van der Waals surface area contributed by atoms with Crippen molar-refractivity contribution in [2.75, 3.05) is 7.11 Å². The van der Waals surface area contributed by atoms with Crippen molar-refractivity contribution < 1.29 is 9.53 Å². The van der Waals surface area contributed by atoms with E-state index in [-0.39, 0.29) is 5.97 Å². The topological polar surface area (TPSA) is 52.1 Å². The van der Waals surface area contributed by atoms with Crippen LogP contribution in [0, 0.1) is 0 Å². The van der Waals surface area contributed by atoms with Crippen LogP contribution >= 0.6 is 0 Å². The van der Waals surface area contributed by atoms with Crippen molar-refractivity contribution in [2.24, 2.45) is 0 Å². The van der Waals surface area contributed by atoms with E-state index in [1.807, 2.05) is 36.4 Å². The summed E-state index contributed by atoms with van der Waals surface area (Å²) < 4.78 is 4.91. The highest BCUT2D eigenvalue weighted by Crippen LogP contribution is 2.34. The molecule has 0 aliphatic heterocycles. The van der Waals surface area contributed by atoms with Gasteiger partial charge in [0.05, 0.1) is 12.7 Å². The number of hydrogen-bond donors (Lipinski definition) is 0. The SMILES string of the molecule is COC(=O)c1cccc(-c2cccnc2)c1-c1cccnc1. The third-order valence-electron chi connectivity index (χ3n) is 3.39. The highest BCUT2D eigenvalue weighted by atomic mass is 16.5. The first-order valence-corrected chi connectivity index (χ1v) is 6.83. The molecule has 0 atom stereocenters. The summed E-state index contributed by atoms with van der Waals surface area (Å²) in [6.45, 7) is 0. The Morgan fingerprint density at radius 2 is 1.59 bits per heavy atom. The molecule has 0 spiro atoms. The Balaban J connectivity index is 2.29. The molecule has 2 heterocycles. The van der Waals surface area contributed by atoms with Gasteiger partial charge in [0.25, 0.3) is 0 Å². The number of nitrogens with zero attached hydrogens (tertiary/aromatic N) is 2. The van der Waals surface area contributed by atoms with Crippen molar-refractivity contribution in [3.8, 4) is 22.3 Å². The summed E-state index contributed by atoms with van der Waals surface area (Å²) in [5.41, 5.74) is 4.03. The second-order valence-electron chi connectivity index (χ2n) is 4.70. The van der Waals surface area contributed by atoms with Crippen LogP contribution in [0.1, 0.15) is 10.4 Å². The van der Waals surface area contributed by atoms with Gasteiger partial charge in [-0.25, -0.2) is 4.79 Å². The lowest BCUT2D eigenvalue weighted by atomic mass is 9.92. The minimum Gasteiger partial charge on any atom is -0.465 e. The Morgan fingerprint density at radius 1 is 0.909 bits per heavy atom. The number of rotatable bonds is 3. The summed E-state index contributed by atoms with van der Waals surface area (Å²) in [4.78, 5) is 20.4. The van der Waals surface area contributed by atoms with Crippen molar-refractivity contribution in [1.82, 2.24) is 9.97 Å². The van der Waals surface area contributed by atoms with Gasteiger partial charge in [0.15, 0.2) is 0 Å². The van der Waals surface area contributed by atoms with Gasteiger partial charge in [-0.3, -0.25) is 9.97 Å². The molecule has 0 unspecified atom stereocenters. The fourth-order valence-electron chi connectivity index (χ4n) is 2.42. The van der Waals surface area contributed by atoms with Crippen molar-refractivity contribution in [3.63, 3.8) is 0 Å². The van der Waals surface area contributed by atoms with Gasteiger partial charge in [-0.05, 0) is 23.8 Å². The third-order valence-corrected chi connectivity index (χ3v) is 3.39. The normalized spacial score (nSPS) is 10.2. The molecule has 0 radical (unpaired) electrons. The van der Waals surface area contributed by atoms with Crippen LogP contribution in [-0.4, -0.2) is 23.0 Å². The summed E-state index contributed by atoms with van der Waals surface area (Å²) in [6, 6.07) is 13.2. The number of methoxy groups -OCH3 is 1. The van der Waals surface area contributed by atoms with E-state index in [0.717, 1.165) is 22.3 Å². The van der Waals surface area contributed by atoms with Crippen LogP contribution in [0.25, 0.3) is 22.3 Å². The van der Waals surface area contributed by atoms with Gasteiger partial charge in [-0.1, -0.05) is 24.3 Å². The lowest BCUT2D eigenvalue weighted by Crippen LogP contribution is -2.04. The first-order chi connectivity index (χ1) is 10.8. The molecule has 1 aromatic carbocycles. The van der Waals surface area contributed by atoms with Gasteiger partial charge < -0.3 is 4.74 Å². The zero-order chi connectivity index (χ0) is 15.4. The summed E-state index contributed by atoms with van der Waals surface area (Å²) >= 11 is 0. The average Bonchev–Trinajstić information content (AvgIpc) is 2.62. The minimum absolute atomic E-state index is 0.371. The fourth-order valence-corrected chi connectivity index (χ4v) is 2.42. The van der Waals surface area contributed by atoms with Crippen molar-refractivity contribution in [3.05, 3.63) is 72.8 Å². The van der Waals surface area contributed by atoms with Crippen LogP contribution in [0.2, 0.25) is 0 Å². The van der Waals surface area contributed by atoms with Gasteiger partial charge in [0.2, 0.25) is 0 Å². The van der Waals surface area contributed by atoms with Crippen molar-refractivity contribution in [1.29, 1.82) is 0 Å². The number of carbonyl (C=O) groups is 1. The van der Waals surface area contributed by atoms with Crippen LogP contribution in [0.4, 0.5) is 0 Å². The average molecular weight is 290 g/mol. The van der Waals surface area contributed by atoms with Crippen LogP contribution in [0.3, 0.4) is 0 Å². The molecule has 0 fully saturated rings. The Kier molecular flexibility index (Phi) is 3.92. The molecular formula is C18H14N2O2. The standard InChI is InChI=1S/C18H14N2O2/c1-22-18(21)16-8-2-7-15(13-5-3-9-19-11-13)17(16)14-6-4-10-20-12-14/h2-12H,1H3. The van der Waals surface area contributed by atoms with Crippen molar-refractivity contribution >= 4 is 5.97 Å². The van der Waals surface area contributed by atoms with E-state index in [2.05, 4.69) is 9.97 Å². The molecule has 0 aliphatic rings. The lowest BCUT2D eigenvalue weighted by Gasteiger charge is -2.13. The van der Waals surface area contributed by atoms with E-state index in [4.69, 9.17) is 4.74 Å². The molecule has 3 aromatic rings. The number of ether oxygens (including phenoxy) is 1. The third kappa shape index (κ3) is 2.59. The first kappa shape index (κ1) is 13.9. The van der Waals surface area contributed by atoms with Gasteiger partial charge in [0, 0.05) is 41.5 Å². The highest BCUT2D eigenvalue weighted by Gasteiger charge is 2.18. The number of pyridine rings is 2. The number of hydrogen-bond acceptors (Lipinski definition) is 4. The zero-order valence-electron chi connectivity index (χ0n) is 12.1. The minimum atomic E-state index is -0.371. The van der Waals surface area contributed by atoms with E-state index < -0.39 is 0 Å². The molecule has 22 heavy (non-hydrogen) atoms. The van der Waals surface area contributed by atoms with Crippen LogP contribution in [0.5, 0.6) is 0 Å². The molecule has 0 bridgehead atoms. The summed E-state index contributed by atoms with van der Waals surface area (Å²) in [6.07, 6.45) is 6.93. The Hall–Kier alpha value is -3.01. The molecule has 3 rings (SSSR count). The molecule has 2 aromatic heterocycles. The van der Waals surface area contributed by atoms with E-state index in [0.29, 0.717) is 5.56 Å². The van der Waals surface area contributed by atoms with E-state index in [9.17, 15) is 4.79 Å². The molecule has 4 nitrogen and oxygen atoms in total. The lowest BCUT2D eigenvalue weighted by molar-refractivity contribution is 0.0601. The predicted molar refractivity (Wildman–Crippen MR) is 84.2 cm³/mol. The molecule has 0 saturated carbocycles. The Morgan fingerprint density at radius 3 is 2.18 bits per heavy atom. The second kappa shape index (κ2) is 6.18. The maximum atomic E-state index is 12.1. The van der Waals surface area contributed by atoms with E-state index >= 15 is 0 Å². The highest BCUT2D eigenvalue weighted by molar-refractivity contribution is 6.02. The monoisotopic (exact) mass is 290 g/mol. The van der Waals surface area contributed by atoms with E-state index in [1.54, 1.807) is 30.9 Å². The first-order valence-electron chi connectivity index (χ1n) is 6.83. The van der Waals surface area contributed by atoms with Gasteiger partial charge in [0.1, 0.15) is 0 Å². The molecule has 108 valence electrons. The van der Waals surface area contributed by atoms with Gasteiger partial charge >= 0.3 is 5.97 Å². The number of benzene rings is 1. The molecule has 0 aliphatic carbocycles. The smallest absolute Gasteiger partial charge is 0.338 e. The number of carbonyl (C=O) groups excluding carboxylic acids is 1. The summed E-state index contributed by atoms with van der Waals surface area (Å²) in [5.74, 6) is -0.371. The molecule has 4 heteroatoms. The van der Waals surface area contributed by atoms with Crippen LogP contribution < -0.4 is 0 Å². The van der Waals surface area contributed by atoms with Crippen LogP contribution in [-0.2, 0) is 4.74 Å². The predicted octanol–water partition coefficient (Wildman–Crippen LogP) is 3.60. The van der Waals surface area contributed by atoms with Crippen LogP contribution in [0.15, 0.2) is 67.3 Å². The van der Waals surface area contributed by atoms with Crippen molar-refractivity contribution in [2.45, 2.75) is 0 Å². The summed E-state index contributed by atoms with van der Waals surface area (Å²) in [5, 5.41) is 0.